The van der Waals surface area contributed by atoms with Crippen LogP contribution in [0.4, 0.5) is 0 Å². The molecule has 32 heavy (non-hydrogen) atoms. The van der Waals surface area contributed by atoms with Gasteiger partial charge in [-0.3, -0.25) is 4.79 Å². The number of carbonyl (C=O) groups excluding carboxylic acids is 1. The molecule has 0 saturated carbocycles. The lowest BCUT2D eigenvalue weighted by Gasteiger charge is -2.25. The van der Waals surface area contributed by atoms with Crippen LogP contribution in [0.15, 0.2) is 78.2 Å². The number of benzene rings is 2. The summed E-state index contributed by atoms with van der Waals surface area (Å²) in [6.45, 7) is 1.92. The van der Waals surface area contributed by atoms with E-state index in [9.17, 15) is 4.79 Å². The third kappa shape index (κ3) is 5.27. The van der Waals surface area contributed by atoms with Crippen LogP contribution in [0.3, 0.4) is 0 Å². The summed E-state index contributed by atoms with van der Waals surface area (Å²) in [5.74, 6) is -0.0547. The largest absolute Gasteiger partial charge is 0.332 e. The van der Waals surface area contributed by atoms with Crippen molar-refractivity contribution in [3.8, 4) is 16.3 Å². The molecular weight excluding hydrogens is 440 g/mol. The molecule has 4 rings (SSSR count). The Bertz CT molecular complexity index is 1150. The molecule has 7 heteroatoms. The fourth-order valence-corrected chi connectivity index (χ4v) is 4.20. The molecule has 0 N–H and O–H groups in total. The van der Waals surface area contributed by atoms with Gasteiger partial charge in [0, 0.05) is 24.7 Å². The highest BCUT2D eigenvalue weighted by Gasteiger charge is 2.23. The zero-order valence-electron chi connectivity index (χ0n) is 18.1. The molecule has 0 fully saturated rings. The number of hydrogen-bond acceptors (Lipinski definition) is 4. The van der Waals surface area contributed by atoms with Crippen molar-refractivity contribution < 1.29 is 4.79 Å². The zero-order valence-corrected chi connectivity index (χ0v) is 19.7. The van der Waals surface area contributed by atoms with Gasteiger partial charge in [0.2, 0.25) is 0 Å². The number of aromatic nitrogens is 2. The number of carbonyl (C=O) groups is 1. The summed E-state index contributed by atoms with van der Waals surface area (Å²) in [6.07, 6.45) is 0. The van der Waals surface area contributed by atoms with Crippen LogP contribution in [0.1, 0.15) is 16.1 Å². The molecule has 0 spiro atoms. The topological polar surface area (TPSA) is 41.4 Å². The van der Waals surface area contributed by atoms with Crippen molar-refractivity contribution in [2.75, 3.05) is 27.2 Å². The van der Waals surface area contributed by atoms with Crippen LogP contribution in [0, 0.1) is 0 Å². The number of halogens is 1. The van der Waals surface area contributed by atoms with Gasteiger partial charge in [-0.15, -0.1) is 11.3 Å². The van der Waals surface area contributed by atoms with Crippen molar-refractivity contribution in [3.63, 3.8) is 0 Å². The Balaban J connectivity index is 1.73. The van der Waals surface area contributed by atoms with Gasteiger partial charge >= 0.3 is 0 Å². The van der Waals surface area contributed by atoms with E-state index in [1.54, 1.807) is 16.0 Å². The molecule has 0 aliphatic carbocycles. The second-order valence-corrected chi connectivity index (χ2v) is 9.18. The Morgan fingerprint density at radius 3 is 2.41 bits per heavy atom. The third-order valence-electron chi connectivity index (χ3n) is 5.09. The van der Waals surface area contributed by atoms with E-state index in [2.05, 4.69) is 4.90 Å². The minimum atomic E-state index is -0.0547. The van der Waals surface area contributed by atoms with Gasteiger partial charge in [-0.1, -0.05) is 48.0 Å². The summed E-state index contributed by atoms with van der Waals surface area (Å²) in [5, 5.41) is 7.44. The minimum absolute atomic E-state index is 0.0547. The van der Waals surface area contributed by atoms with Gasteiger partial charge in [-0.2, -0.15) is 5.10 Å². The van der Waals surface area contributed by atoms with Crippen molar-refractivity contribution in [2.24, 2.45) is 0 Å². The van der Waals surface area contributed by atoms with Gasteiger partial charge in [0.15, 0.2) is 0 Å². The van der Waals surface area contributed by atoms with Crippen molar-refractivity contribution in [1.82, 2.24) is 19.6 Å². The Hall–Kier alpha value is -2.93. The SMILES string of the molecule is CN(C)CCN(Cc1ccccc1)C(=O)c1cc(-c2cccs2)nn1-c1ccc(Cl)cc1. The van der Waals surface area contributed by atoms with Crippen LogP contribution >= 0.6 is 22.9 Å². The van der Waals surface area contributed by atoms with E-state index in [-0.39, 0.29) is 5.91 Å². The van der Waals surface area contributed by atoms with Crippen molar-refractivity contribution in [3.05, 3.63) is 94.5 Å². The van der Waals surface area contributed by atoms with E-state index in [1.807, 2.05) is 97.2 Å². The second-order valence-electron chi connectivity index (χ2n) is 7.80. The lowest BCUT2D eigenvalue weighted by Crippen LogP contribution is -2.37. The van der Waals surface area contributed by atoms with Crippen LogP contribution in [0.5, 0.6) is 0 Å². The number of nitrogens with zero attached hydrogens (tertiary/aromatic N) is 4. The summed E-state index contributed by atoms with van der Waals surface area (Å²) in [5.41, 5.74) is 3.21. The number of likely N-dealkylation sites (N-methyl/N-ethyl adjacent to an activating group) is 1. The first-order chi connectivity index (χ1) is 15.5. The Morgan fingerprint density at radius 2 is 1.75 bits per heavy atom. The lowest BCUT2D eigenvalue weighted by atomic mass is 10.2. The predicted octanol–water partition coefficient (Wildman–Crippen LogP) is 5.46. The third-order valence-corrected chi connectivity index (χ3v) is 6.24. The summed E-state index contributed by atoms with van der Waals surface area (Å²) >= 11 is 7.70. The van der Waals surface area contributed by atoms with Gasteiger partial charge in [0.25, 0.3) is 5.91 Å². The molecule has 164 valence electrons. The number of thiophene rings is 1. The highest BCUT2D eigenvalue weighted by atomic mass is 35.5. The first kappa shape index (κ1) is 22.3. The number of rotatable bonds is 8. The van der Waals surface area contributed by atoms with E-state index in [0.29, 0.717) is 23.8 Å². The van der Waals surface area contributed by atoms with Crippen LogP contribution in [-0.2, 0) is 6.54 Å². The summed E-state index contributed by atoms with van der Waals surface area (Å²) in [6, 6.07) is 23.3. The molecule has 0 aliphatic heterocycles. The highest BCUT2D eigenvalue weighted by molar-refractivity contribution is 7.13. The first-order valence-electron chi connectivity index (χ1n) is 10.4. The van der Waals surface area contributed by atoms with Crippen LogP contribution in [0.25, 0.3) is 16.3 Å². The summed E-state index contributed by atoms with van der Waals surface area (Å²) in [7, 11) is 4.02. The van der Waals surface area contributed by atoms with Crippen molar-refractivity contribution in [1.29, 1.82) is 0 Å². The normalized spacial score (nSPS) is 11.1. The Labute approximate surface area is 197 Å². The van der Waals surface area contributed by atoms with Gasteiger partial charge in [-0.05, 0) is 61.4 Å². The van der Waals surface area contributed by atoms with Crippen LogP contribution in [0.2, 0.25) is 5.02 Å². The van der Waals surface area contributed by atoms with Gasteiger partial charge in [-0.25, -0.2) is 4.68 Å². The zero-order chi connectivity index (χ0) is 22.5. The van der Waals surface area contributed by atoms with Gasteiger partial charge < -0.3 is 9.80 Å². The van der Waals surface area contributed by atoms with Crippen molar-refractivity contribution in [2.45, 2.75) is 6.54 Å². The fourth-order valence-electron chi connectivity index (χ4n) is 3.40. The average Bonchev–Trinajstić information content (AvgIpc) is 3.47. The van der Waals surface area contributed by atoms with E-state index >= 15 is 0 Å². The summed E-state index contributed by atoms with van der Waals surface area (Å²) < 4.78 is 1.72. The lowest BCUT2D eigenvalue weighted by molar-refractivity contribution is 0.0722. The smallest absolute Gasteiger partial charge is 0.272 e. The summed E-state index contributed by atoms with van der Waals surface area (Å²) in [4.78, 5) is 18.8. The quantitative estimate of drug-likeness (QED) is 0.347. The molecule has 2 aromatic carbocycles. The monoisotopic (exact) mass is 464 g/mol. The van der Waals surface area contributed by atoms with E-state index in [0.717, 1.165) is 28.4 Å². The molecule has 1 amide bonds. The Kier molecular flexibility index (Phi) is 7.05. The second kappa shape index (κ2) is 10.1. The van der Waals surface area contributed by atoms with Gasteiger partial charge in [0.05, 0.1) is 10.6 Å². The van der Waals surface area contributed by atoms with Crippen LogP contribution in [-0.4, -0.2) is 52.7 Å². The highest BCUT2D eigenvalue weighted by Crippen LogP contribution is 2.27. The molecule has 0 unspecified atom stereocenters. The Morgan fingerprint density at radius 1 is 1.00 bits per heavy atom. The van der Waals surface area contributed by atoms with E-state index in [1.165, 1.54) is 0 Å². The molecule has 2 heterocycles. The maximum Gasteiger partial charge on any atom is 0.272 e. The molecule has 2 aromatic heterocycles. The van der Waals surface area contributed by atoms with E-state index < -0.39 is 0 Å². The van der Waals surface area contributed by atoms with E-state index in [4.69, 9.17) is 16.7 Å². The molecule has 0 bridgehead atoms. The fraction of sp³-hybridized carbons (Fsp3) is 0.200. The molecule has 0 saturated heterocycles. The molecule has 0 radical (unpaired) electrons. The van der Waals surface area contributed by atoms with Crippen LogP contribution < -0.4 is 0 Å². The molecule has 5 nitrogen and oxygen atoms in total. The molecule has 0 atom stereocenters. The minimum Gasteiger partial charge on any atom is -0.332 e. The first-order valence-corrected chi connectivity index (χ1v) is 11.6. The maximum absolute atomic E-state index is 13.8. The van der Waals surface area contributed by atoms with Crippen molar-refractivity contribution >= 4 is 28.8 Å². The molecule has 4 aromatic rings. The molecule has 0 aliphatic rings. The standard InChI is InChI=1S/C25H25ClN4OS/c1-28(2)14-15-29(18-19-7-4-3-5-8-19)25(31)23-17-22(24-9-6-16-32-24)27-30(23)21-12-10-20(26)11-13-21/h3-13,16-17H,14-15,18H2,1-2H3. The number of hydrogen-bond donors (Lipinski definition) is 0. The molecular formula is C25H25ClN4OS. The maximum atomic E-state index is 13.8. The van der Waals surface area contributed by atoms with Gasteiger partial charge in [0.1, 0.15) is 11.4 Å². The average molecular weight is 465 g/mol. The number of amides is 1. The predicted molar refractivity (Wildman–Crippen MR) is 132 cm³/mol.